The molecule has 14 heavy (non-hydrogen) atoms. The van der Waals surface area contributed by atoms with E-state index in [1.165, 1.54) is 0 Å². The first-order valence-electron chi connectivity index (χ1n) is 5.12. The predicted octanol–water partition coefficient (Wildman–Crippen LogP) is 0.576. The Morgan fingerprint density at radius 1 is 1.64 bits per heavy atom. The summed E-state index contributed by atoms with van der Waals surface area (Å²) >= 11 is 0. The van der Waals surface area contributed by atoms with E-state index in [0.29, 0.717) is 0 Å². The first kappa shape index (κ1) is 9.40. The summed E-state index contributed by atoms with van der Waals surface area (Å²) in [6.45, 7) is 3.96. The van der Waals surface area contributed by atoms with E-state index < -0.39 is 0 Å². The summed E-state index contributed by atoms with van der Waals surface area (Å²) in [7, 11) is 0. The fourth-order valence-corrected chi connectivity index (χ4v) is 1.70. The van der Waals surface area contributed by atoms with Gasteiger partial charge in [-0.2, -0.15) is 0 Å². The number of hydrogen-bond donors (Lipinski definition) is 1. The molecule has 0 aromatic carbocycles. The second-order valence-corrected chi connectivity index (χ2v) is 3.70. The third-order valence-electron chi connectivity index (χ3n) is 2.57. The van der Waals surface area contributed by atoms with Crippen LogP contribution in [0, 0.1) is 0 Å². The Hall–Kier alpha value is -1.16. The van der Waals surface area contributed by atoms with Crippen molar-refractivity contribution < 1.29 is 0 Å². The van der Waals surface area contributed by atoms with Gasteiger partial charge in [0.05, 0.1) is 0 Å². The van der Waals surface area contributed by atoms with E-state index in [2.05, 4.69) is 21.8 Å². The molecule has 1 fully saturated rings. The zero-order valence-corrected chi connectivity index (χ0v) is 8.48. The second kappa shape index (κ2) is 3.92. The van der Waals surface area contributed by atoms with Crippen molar-refractivity contribution in [1.29, 1.82) is 0 Å². The highest BCUT2D eigenvalue weighted by Crippen LogP contribution is 2.14. The van der Waals surface area contributed by atoms with Crippen molar-refractivity contribution in [3.8, 4) is 0 Å². The van der Waals surface area contributed by atoms with Crippen molar-refractivity contribution in [2.45, 2.75) is 25.8 Å². The maximum Gasteiger partial charge on any atom is 0.225 e. The molecule has 0 bridgehead atoms. The Morgan fingerprint density at radius 3 is 3.14 bits per heavy atom. The molecule has 0 radical (unpaired) electrons. The van der Waals surface area contributed by atoms with E-state index in [0.717, 1.165) is 37.6 Å². The maximum atomic E-state index is 5.84. The Kier molecular flexibility index (Phi) is 2.63. The zero-order chi connectivity index (χ0) is 9.97. The normalized spacial score (nSPS) is 21.6. The Bertz CT molecular complexity index is 313. The summed E-state index contributed by atoms with van der Waals surface area (Å²) in [5.41, 5.74) is 6.93. The molecular formula is C10H16N4. The number of nitrogens with two attached hydrogens (primary N) is 1. The topological polar surface area (TPSA) is 55.0 Å². The first-order chi connectivity index (χ1) is 6.79. The highest BCUT2D eigenvalue weighted by Gasteiger charge is 2.20. The molecule has 1 aliphatic heterocycles. The van der Waals surface area contributed by atoms with Crippen LogP contribution in [0.25, 0.3) is 0 Å². The molecule has 1 atom stereocenters. The first-order valence-corrected chi connectivity index (χ1v) is 5.12. The molecule has 2 N–H and O–H groups in total. The van der Waals surface area contributed by atoms with Crippen LogP contribution in [0.4, 0.5) is 5.95 Å². The summed E-state index contributed by atoms with van der Waals surface area (Å²) < 4.78 is 0. The van der Waals surface area contributed by atoms with Gasteiger partial charge in [0, 0.05) is 31.0 Å². The Morgan fingerprint density at radius 2 is 2.50 bits per heavy atom. The van der Waals surface area contributed by atoms with Crippen molar-refractivity contribution in [3.63, 3.8) is 0 Å². The molecule has 0 aliphatic carbocycles. The van der Waals surface area contributed by atoms with Crippen LogP contribution in [-0.2, 0) is 6.42 Å². The van der Waals surface area contributed by atoms with Gasteiger partial charge in [-0.15, -0.1) is 0 Å². The predicted molar refractivity (Wildman–Crippen MR) is 56.2 cm³/mol. The SMILES string of the molecule is CCc1ccnc(N2CCC(N)C2)n1. The van der Waals surface area contributed by atoms with Gasteiger partial charge in [-0.3, -0.25) is 0 Å². The number of rotatable bonds is 2. The molecule has 4 heteroatoms. The van der Waals surface area contributed by atoms with E-state index in [1.807, 2.05) is 12.3 Å². The fourth-order valence-electron chi connectivity index (χ4n) is 1.70. The van der Waals surface area contributed by atoms with Gasteiger partial charge in [0.2, 0.25) is 5.95 Å². The highest BCUT2D eigenvalue weighted by atomic mass is 15.3. The van der Waals surface area contributed by atoms with E-state index in [1.54, 1.807) is 0 Å². The molecule has 1 aliphatic rings. The van der Waals surface area contributed by atoms with Crippen molar-refractivity contribution in [3.05, 3.63) is 18.0 Å². The second-order valence-electron chi connectivity index (χ2n) is 3.70. The van der Waals surface area contributed by atoms with Crippen molar-refractivity contribution in [2.24, 2.45) is 5.73 Å². The minimum atomic E-state index is 0.281. The lowest BCUT2D eigenvalue weighted by molar-refractivity contribution is 0.749. The number of nitrogens with zero attached hydrogens (tertiary/aromatic N) is 3. The molecular weight excluding hydrogens is 176 g/mol. The summed E-state index contributed by atoms with van der Waals surface area (Å²) in [5, 5.41) is 0. The van der Waals surface area contributed by atoms with Gasteiger partial charge in [0.15, 0.2) is 0 Å². The minimum absolute atomic E-state index is 0.281. The zero-order valence-electron chi connectivity index (χ0n) is 8.48. The van der Waals surface area contributed by atoms with E-state index in [-0.39, 0.29) is 6.04 Å². The highest BCUT2D eigenvalue weighted by molar-refractivity contribution is 5.32. The number of aromatic nitrogens is 2. The molecule has 4 nitrogen and oxygen atoms in total. The number of aryl methyl sites for hydroxylation is 1. The molecule has 76 valence electrons. The third-order valence-corrected chi connectivity index (χ3v) is 2.57. The summed E-state index contributed by atoms with van der Waals surface area (Å²) in [5.74, 6) is 0.831. The van der Waals surface area contributed by atoms with Gasteiger partial charge in [-0.05, 0) is 18.9 Å². The largest absolute Gasteiger partial charge is 0.339 e. The van der Waals surface area contributed by atoms with E-state index in [4.69, 9.17) is 5.73 Å². The van der Waals surface area contributed by atoms with Crippen LogP contribution in [0.1, 0.15) is 19.0 Å². The summed E-state index contributed by atoms with van der Waals surface area (Å²) in [4.78, 5) is 10.9. The lowest BCUT2D eigenvalue weighted by Crippen LogP contribution is -2.27. The minimum Gasteiger partial charge on any atom is -0.339 e. The van der Waals surface area contributed by atoms with Gasteiger partial charge in [-0.1, -0.05) is 6.92 Å². The van der Waals surface area contributed by atoms with Gasteiger partial charge < -0.3 is 10.6 Å². The molecule has 2 rings (SSSR count). The monoisotopic (exact) mass is 192 g/mol. The molecule has 1 aromatic rings. The average molecular weight is 192 g/mol. The summed E-state index contributed by atoms with van der Waals surface area (Å²) in [6.07, 6.45) is 3.82. The van der Waals surface area contributed by atoms with E-state index in [9.17, 15) is 0 Å². The Balaban J connectivity index is 2.15. The molecule has 1 unspecified atom stereocenters. The number of hydrogen-bond acceptors (Lipinski definition) is 4. The molecule has 2 heterocycles. The fraction of sp³-hybridized carbons (Fsp3) is 0.600. The van der Waals surface area contributed by atoms with Crippen LogP contribution in [-0.4, -0.2) is 29.1 Å². The van der Waals surface area contributed by atoms with Gasteiger partial charge in [0.25, 0.3) is 0 Å². The quantitative estimate of drug-likeness (QED) is 0.744. The van der Waals surface area contributed by atoms with E-state index >= 15 is 0 Å². The number of anilines is 1. The van der Waals surface area contributed by atoms with Crippen LogP contribution in [0.5, 0.6) is 0 Å². The average Bonchev–Trinajstić information content (AvgIpc) is 2.65. The van der Waals surface area contributed by atoms with Crippen LogP contribution < -0.4 is 10.6 Å². The molecule has 0 spiro atoms. The smallest absolute Gasteiger partial charge is 0.225 e. The Labute approximate surface area is 84.2 Å². The maximum absolute atomic E-state index is 5.84. The van der Waals surface area contributed by atoms with Crippen LogP contribution in [0.2, 0.25) is 0 Å². The third kappa shape index (κ3) is 1.85. The molecule has 0 saturated carbocycles. The van der Waals surface area contributed by atoms with Gasteiger partial charge >= 0.3 is 0 Å². The standard InChI is InChI=1S/C10H16N4/c1-2-9-3-5-12-10(13-9)14-6-4-8(11)7-14/h3,5,8H,2,4,6-7,11H2,1H3. The van der Waals surface area contributed by atoms with Crippen molar-refractivity contribution in [1.82, 2.24) is 9.97 Å². The summed E-state index contributed by atoms with van der Waals surface area (Å²) in [6, 6.07) is 2.24. The lowest BCUT2D eigenvalue weighted by atomic mass is 10.3. The molecule has 1 aromatic heterocycles. The molecule has 1 saturated heterocycles. The van der Waals surface area contributed by atoms with Crippen LogP contribution in [0.15, 0.2) is 12.3 Å². The van der Waals surface area contributed by atoms with Crippen molar-refractivity contribution >= 4 is 5.95 Å². The van der Waals surface area contributed by atoms with Crippen molar-refractivity contribution in [2.75, 3.05) is 18.0 Å². The van der Waals surface area contributed by atoms with Gasteiger partial charge in [0.1, 0.15) is 0 Å². The van der Waals surface area contributed by atoms with Crippen LogP contribution in [0.3, 0.4) is 0 Å². The lowest BCUT2D eigenvalue weighted by Gasteiger charge is -2.15. The van der Waals surface area contributed by atoms with Crippen LogP contribution >= 0.6 is 0 Å². The van der Waals surface area contributed by atoms with Gasteiger partial charge in [-0.25, -0.2) is 9.97 Å². The molecule has 0 amide bonds.